The van der Waals surface area contributed by atoms with E-state index in [0.29, 0.717) is 16.7 Å². The van der Waals surface area contributed by atoms with E-state index in [-0.39, 0.29) is 4.90 Å². The minimum atomic E-state index is -3.56. The summed E-state index contributed by atoms with van der Waals surface area (Å²) in [5, 5.41) is 6.59. The summed E-state index contributed by atoms with van der Waals surface area (Å²) in [6, 6.07) is 6.93. The summed E-state index contributed by atoms with van der Waals surface area (Å²) in [5.41, 5.74) is 1.60. The maximum Gasteiger partial charge on any atom is 0.263 e. The van der Waals surface area contributed by atoms with Gasteiger partial charge in [0.15, 0.2) is 0 Å². The zero-order valence-corrected chi connectivity index (χ0v) is 13.4. The van der Waals surface area contributed by atoms with Crippen molar-refractivity contribution >= 4 is 43.0 Å². The molecule has 0 unspecified atom stereocenters. The largest absolute Gasteiger partial charge is 0.316 e. The molecule has 102 valence electrons. The van der Waals surface area contributed by atoms with Gasteiger partial charge in [-0.2, -0.15) is 11.3 Å². The first-order chi connectivity index (χ1) is 9.03. The minimum absolute atomic E-state index is 0.235. The number of anilines is 1. The van der Waals surface area contributed by atoms with Gasteiger partial charge < -0.3 is 5.32 Å². The van der Waals surface area contributed by atoms with E-state index in [9.17, 15) is 8.42 Å². The molecule has 0 spiro atoms. The number of hydrogen-bond donors (Lipinski definition) is 2. The number of thiophene rings is 1. The second-order valence-electron chi connectivity index (χ2n) is 3.91. The van der Waals surface area contributed by atoms with Crippen LogP contribution in [0.1, 0.15) is 5.56 Å². The molecule has 0 saturated heterocycles. The third kappa shape index (κ3) is 3.56. The Morgan fingerprint density at radius 1 is 1.32 bits per heavy atom. The van der Waals surface area contributed by atoms with Crippen LogP contribution < -0.4 is 10.0 Å². The van der Waals surface area contributed by atoms with Gasteiger partial charge in [-0.3, -0.25) is 4.72 Å². The van der Waals surface area contributed by atoms with Gasteiger partial charge in [0.25, 0.3) is 10.0 Å². The van der Waals surface area contributed by atoms with E-state index in [0.717, 1.165) is 5.56 Å². The molecule has 19 heavy (non-hydrogen) atoms. The van der Waals surface area contributed by atoms with Crippen LogP contribution >= 0.6 is 27.3 Å². The Hall–Kier alpha value is -0.890. The number of rotatable bonds is 5. The fraction of sp³-hybridized carbons (Fsp3) is 0.167. The van der Waals surface area contributed by atoms with Crippen LogP contribution in [0.3, 0.4) is 0 Å². The van der Waals surface area contributed by atoms with E-state index in [1.165, 1.54) is 11.3 Å². The maximum absolute atomic E-state index is 12.2. The molecule has 0 aliphatic rings. The van der Waals surface area contributed by atoms with Gasteiger partial charge in [0.05, 0.1) is 5.69 Å². The molecule has 1 aromatic heterocycles. The fourth-order valence-electron chi connectivity index (χ4n) is 1.61. The first-order valence-corrected chi connectivity index (χ1v) is 8.73. The molecule has 1 aromatic carbocycles. The molecule has 0 aliphatic heterocycles. The lowest BCUT2D eigenvalue weighted by molar-refractivity contribution is 0.600. The topological polar surface area (TPSA) is 58.2 Å². The molecule has 0 aliphatic carbocycles. The Labute approximate surface area is 125 Å². The summed E-state index contributed by atoms with van der Waals surface area (Å²) in [6.45, 7) is 0.691. The van der Waals surface area contributed by atoms with Crippen LogP contribution in [0.4, 0.5) is 5.69 Å². The van der Waals surface area contributed by atoms with Crippen molar-refractivity contribution in [2.45, 2.75) is 11.4 Å². The molecule has 0 atom stereocenters. The molecular formula is C12H13BrN2O2S2. The lowest BCUT2D eigenvalue weighted by atomic mass is 10.2. The minimum Gasteiger partial charge on any atom is -0.316 e. The molecule has 0 saturated carbocycles. The highest BCUT2D eigenvalue weighted by atomic mass is 79.9. The molecule has 2 rings (SSSR count). The first-order valence-electron chi connectivity index (χ1n) is 5.51. The van der Waals surface area contributed by atoms with E-state index >= 15 is 0 Å². The number of sulfonamides is 1. The van der Waals surface area contributed by atoms with E-state index in [4.69, 9.17) is 0 Å². The van der Waals surface area contributed by atoms with Crippen LogP contribution in [0.15, 0.2) is 44.4 Å². The Balaban J connectivity index is 2.30. The quantitative estimate of drug-likeness (QED) is 0.861. The van der Waals surface area contributed by atoms with E-state index in [1.54, 1.807) is 29.6 Å². The maximum atomic E-state index is 12.2. The average molecular weight is 361 g/mol. The Morgan fingerprint density at radius 2 is 2.11 bits per heavy atom. The summed E-state index contributed by atoms with van der Waals surface area (Å²) >= 11 is 4.75. The Morgan fingerprint density at radius 3 is 2.68 bits per heavy atom. The Kier molecular flexibility index (Phi) is 4.62. The summed E-state index contributed by atoms with van der Waals surface area (Å²) in [5.74, 6) is 0. The second-order valence-corrected chi connectivity index (χ2v) is 7.20. The molecule has 0 radical (unpaired) electrons. The summed E-state index contributed by atoms with van der Waals surface area (Å²) < 4.78 is 27.6. The van der Waals surface area contributed by atoms with E-state index in [1.807, 2.05) is 12.4 Å². The van der Waals surface area contributed by atoms with Crippen LogP contribution in [-0.4, -0.2) is 15.5 Å². The predicted molar refractivity (Wildman–Crippen MR) is 82.0 cm³/mol. The number of benzene rings is 1. The highest BCUT2D eigenvalue weighted by Crippen LogP contribution is 2.26. The van der Waals surface area contributed by atoms with Crippen molar-refractivity contribution in [3.8, 4) is 0 Å². The van der Waals surface area contributed by atoms with Gasteiger partial charge in [0.2, 0.25) is 0 Å². The summed E-state index contributed by atoms with van der Waals surface area (Å²) in [7, 11) is -1.71. The number of halogens is 1. The fourth-order valence-corrected chi connectivity index (χ4v) is 4.45. The second kappa shape index (κ2) is 6.04. The average Bonchev–Trinajstić information content (AvgIpc) is 2.81. The molecule has 0 fully saturated rings. The molecule has 1 heterocycles. The lowest BCUT2D eigenvalue weighted by Crippen LogP contribution is -2.13. The van der Waals surface area contributed by atoms with Crippen molar-refractivity contribution in [2.24, 2.45) is 0 Å². The van der Waals surface area contributed by atoms with Crippen molar-refractivity contribution in [1.82, 2.24) is 5.32 Å². The standard InChI is InChI=1S/C12H13BrN2O2S2/c1-14-7-9-2-3-12(11(13)6-9)19(16,17)15-10-4-5-18-8-10/h2-6,8,14-15H,7H2,1H3. The molecule has 7 heteroatoms. The van der Waals surface area contributed by atoms with E-state index in [2.05, 4.69) is 26.0 Å². The molecule has 0 bridgehead atoms. The van der Waals surface area contributed by atoms with E-state index < -0.39 is 10.0 Å². The highest BCUT2D eigenvalue weighted by molar-refractivity contribution is 9.10. The van der Waals surface area contributed by atoms with Gasteiger partial charge in [0, 0.05) is 16.4 Å². The monoisotopic (exact) mass is 360 g/mol. The zero-order valence-electron chi connectivity index (χ0n) is 10.2. The van der Waals surface area contributed by atoms with Gasteiger partial charge in [-0.15, -0.1) is 0 Å². The molecule has 0 amide bonds. The van der Waals surface area contributed by atoms with Crippen molar-refractivity contribution in [3.63, 3.8) is 0 Å². The van der Waals surface area contributed by atoms with Gasteiger partial charge in [-0.05, 0) is 52.1 Å². The third-order valence-electron chi connectivity index (χ3n) is 2.44. The number of hydrogen-bond acceptors (Lipinski definition) is 4. The van der Waals surface area contributed by atoms with Crippen molar-refractivity contribution < 1.29 is 8.42 Å². The third-order valence-corrected chi connectivity index (χ3v) is 5.48. The molecule has 4 nitrogen and oxygen atoms in total. The van der Waals surface area contributed by atoms with Crippen LogP contribution in [-0.2, 0) is 16.6 Å². The highest BCUT2D eigenvalue weighted by Gasteiger charge is 2.18. The van der Waals surface area contributed by atoms with Gasteiger partial charge in [0.1, 0.15) is 4.90 Å². The van der Waals surface area contributed by atoms with Crippen molar-refractivity contribution in [3.05, 3.63) is 45.1 Å². The number of nitrogens with one attached hydrogen (secondary N) is 2. The smallest absolute Gasteiger partial charge is 0.263 e. The van der Waals surface area contributed by atoms with Crippen molar-refractivity contribution in [1.29, 1.82) is 0 Å². The normalized spacial score (nSPS) is 11.5. The molecule has 2 aromatic rings. The zero-order chi connectivity index (χ0) is 13.9. The van der Waals surface area contributed by atoms with Gasteiger partial charge in [-0.25, -0.2) is 8.42 Å². The lowest BCUT2D eigenvalue weighted by Gasteiger charge is -2.09. The molecular weight excluding hydrogens is 348 g/mol. The van der Waals surface area contributed by atoms with Gasteiger partial charge >= 0.3 is 0 Å². The SMILES string of the molecule is CNCc1ccc(S(=O)(=O)Nc2ccsc2)c(Br)c1. The van der Waals surface area contributed by atoms with Crippen LogP contribution in [0.5, 0.6) is 0 Å². The summed E-state index contributed by atoms with van der Waals surface area (Å²) in [6.07, 6.45) is 0. The van der Waals surface area contributed by atoms with Crippen LogP contribution in [0.2, 0.25) is 0 Å². The predicted octanol–water partition coefficient (Wildman–Crippen LogP) is 3.03. The summed E-state index contributed by atoms with van der Waals surface area (Å²) in [4.78, 5) is 0.235. The first kappa shape index (κ1) is 14.5. The van der Waals surface area contributed by atoms with Crippen LogP contribution in [0.25, 0.3) is 0 Å². The van der Waals surface area contributed by atoms with Crippen molar-refractivity contribution in [2.75, 3.05) is 11.8 Å². The Bertz CT molecular complexity index is 654. The van der Waals surface area contributed by atoms with Gasteiger partial charge in [-0.1, -0.05) is 6.07 Å². The van der Waals surface area contributed by atoms with Crippen LogP contribution in [0, 0.1) is 0 Å². The molecule has 2 N–H and O–H groups in total.